The van der Waals surface area contributed by atoms with E-state index in [4.69, 9.17) is 20.3 Å². The maximum Gasteiger partial charge on any atom is 0.410 e. The topological polar surface area (TPSA) is 145 Å². The van der Waals surface area contributed by atoms with Crippen LogP contribution in [0.25, 0.3) is 0 Å². The zero-order chi connectivity index (χ0) is 24.6. The summed E-state index contributed by atoms with van der Waals surface area (Å²) in [6, 6.07) is 9.18. The Morgan fingerprint density at radius 2 is 1.97 bits per heavy atom. The van der Waals surface area contributed by atoms with E-state index in [0.29, 0.717) is 44.2 Å². The van der Waals surface area contributed by atoms with E-state index < -0.39 is 17.7 Å². The van der Waals surface area contributed by atoms with Gasteiger partial charge in [0.2, 0.25) is 5.91 Å². The van der Waals surface area contributed by atoms with Crippen molar-refractivity contribution >= 4 is 12.0 Å². The summed E-state index contributed by atoms with van der Waals surface area (Å²) in [6.45, 7) is 5.30. The van der Waals surface area contributed by atoms with Crippen molar-refractivity contribution in [3.05, 3.63) is 47.5 Å². The highest BCUT2D eigenvalue weighted by molar-refractivity contribution is 5.85. The minimum atomic E-state index is -1.07. The van der Waals surface area contributed by atoms with Crippen molar-refractivity contribution in [2.24, 2.45) is 5.73 Å². The maximum absolute atomic E-state index is 12.6. The molecule has 11 heteroatoms. The Morgan fingerprint density at radius 3 is 2.68 bits per heavy atom. The molecule has 1 aromatic carbocycles. The van der Waals surface area contributed by atoms with Gasteiger partial charge in [0, 0.05) is 19.7 Å². The van der Waals surface area contributed by atoms with E-state index in [1.165, 1.54) is 0 Å². The lowest BCUT2D eigenvalue weighted by molar-refractivity contribution is -0.126. The summed E-state index contributed by atoms with van der Waals surface area (Å²) in [5.41, 5.74) is 5.93. The molecule has 2 aromatic rings. The molecule has 0 radical (unpaired) electrons. The molecule has 186 valence electrons. The van der Waals surface area contributed by atoms with Gasteiger partial charge >= 0.3 is 6.09 Å². The fourth-order valence-corrected chi connectivity index (χ4v) is 3.45. The van der Waals surface area contributed by atoms with E-state index in [-0.39, 0.29) is 32.3 Å². The molecule has 1 aromatic heterocycles. The zero-order valence-electron chi connectivity index (χ0n) is 19.8. The summed E-state index contributed by atoms with van der Waals surface area (Å²) in [7, 11) is 0. The molecule has 34 heavy (non-hydrogen) atoms. The summed E-state index contributed by atoms with van der Waals surface area (Å²) in [5.74, 6) is 0.821. The van der Waals surface area contributed by atoms with Crippen LogP contribution in [0.5, 0.6) is 0 Å². The average Bonchev–Trinajstić information content (AvgIpc) is 3.24. The van der Waals surface area contributed by atoms with Crippen LogP contribution in [0.1, 0.15) is 49.9 Å². The third kappa shape index (κ3) is 6.99. The van der Waals surface area contributed by atoms with Gasteiger partial charge in [-0.15, -0.1) is 10.2 Å². The smallest absolute Gasteiger partial charge is 0.410 e. The number of carbonyl (C=O) groups excluding carboxylic acids is 2. The Hall–Kier alpha value is -3.02. The monoisotopic (exact) mass is 474 g/mol. The van der Waals surface area contributed by atoms with Crippen molar-refractivity contribution in [1.82, 2.24) is 25.0 Å². The summed E-state index contributed by atoms with van der Waals surface area (Å²) in [6.07, 6.45) is 0.775. The minimum absolute atomic E-state index is 0.0707. The fraction of sp³-hybridized carbons (Fsp3) is 0.565. The highest BCUT2D eigenvalue weighted by Crippen LogP contribution is 2.20. The number of amides is 2. The first kappa shape index (κ1) is 25.6. The molecule has 0 aliphatic carbocycles. The van der Waals surface area contributed by atoms with Crippen LogP contribution >= 0.6 is 0 Å². The standard InChI is InChI=1S/C23H34N6O5/c1-23(2,24)21(31)25-18(16-33-15-17-8-4-3-5-9-17)20-27-26-19-14-28(10-11-29(19)20)22(32)34-13-7-6-12-30/h3-5,8-9,18,30H,6-7,10-16,24H2,1-2H3,(H,25,31)/t18-/m1/s1. The van der Waals surface area contributed by atoms with Gasteiger partial charge in [-0.3, -0.25) is 9.69 Å². The second kappa shape index (κ2) is 11.9. The van der Waals surface area contributed by atoms with Gasteiger partial charge in [0.05, 0.1) is 31.9 Å². The highest BCUT2D eigenvalue weighted by atomic mass is 16.6. The largest absolute Gasteiger partial charge is 0.449 e. The Labute approximate surface area is 199 Å². The number of carbonyl (C=O) groups is 2. The van der Waals surface area contributed by atoms with Gasteiger partial charge in [-0.25, -0.2) is 4.79 Å². The van der Waals surface area contributed by atoms with Gasteiger partial charge in [-0.1, -0.05) is 30.3 Å². The quantitative estimate of drug-likeness (QED) is 0.411. The molecule has 0 spiro atoms. The number of hydrogen-bond donors (Lipinski definition) is 3. The number of nitrogens with one attached hydrogen (secondary N) is 1. The first-order valence-electron chi connectivity index (χ1n) is 11.5. The summed E-state index contributed by atoms with van der Waals surface area (Å²) < 4.78 is 13.1. The number of aliphatic hydroxyl groups is 1. The molecule has 2 amide bonds. The van der Waals surface area contributed by atoms with Gasteiger partial charge in [0.1, 0.15) is 6.04 Å². The molecule has 1 atom stereocenters. The van der Waals surface area contributed by atoms with Gasteiger partial charge in [-0.05, 0) is 32.3 Å². The molecule has 2 heterocycles. The van der Waals surface area contributed by atoms with Crippen LogP contribution < -0.4 is 11.1 Å². The third-order valence-corrected chi connectivity index (χ3v) is 5.42. The summed E-state index contributed by atoms with van der Waals surface area (Å²) in [4.78, 5) is 26.5. The number of hydrogen-bond acceptors (Lipinski definition) is 8. The number of nitrogens with two attached hydrogens (primary N) is 1. The number of rotatable bonds is 11. The predicted molar refractivity (Wildman–Crippen MR) is 123 cm³/mol. The molecule has 3 rings (SSSR count). The van der Waals surface area contributed by atoms with Gasteiger partial charge in [0.15, 0.2) is 11.6 Å². The van der Waals surface area contributed by atoms with Crippen molar-refractivity contribution in [2.75, 3.05) is 26.4 Å². The predicted octanol–water partition coefficient (Wildman–Crippen LogP) is 1.11. The molecule has 0 saturated carbocycles. The van der Waals surface area contributed by atoms with Crippen molar-refractivity contribution in [1.29, 1.82) is 0 Å². The van der Waals surface area contributed by atoms with Crippen molar-refractivity contribution in [3.8, 4) is 0 Å². The second-order valence-corrected chi connectivity index (χ2v) is 8.84. The molecular weight excluding hydrogens is 440 g/mol. The van der Waals surface area contributed by atoms with Crippen LogP contribution in [0.4, 0.5) is 4.79 Å². The number of aromatic nitrogens is 3. The molecular formula is C23H34N6O5. The number of unbranched alkanes of at least 4 members (excludes halogenated alkanes) is 1. The van der Waals surface area contributed by atoms with Crippen LogP contribution in [0, 0.1) is 0 Å². The van der Waals surface area contributed by atoms with Crippen LogP contribution in [-0.2, 0) is 34.0 Å². The van der Waals surface area contributed by atoms with E-state index >= 15 is 0 Å². The summed E-state index contributed by atoms with van der Waals surface area (Å²) >= 11 is 0. The first-order chi connectivity index (χ1) is 16.3. The van der Waals surface area contributed by atoms with Crippen molar-refractivity contribution in [3.63, 3.8) is 0 Å². The maximum atomic E-state index is 12.6. The molecule has 1 aliphatic rings. The minimum Gasteiger partial charge on any atom is -0.449 e. The Balaban J connectivity index is 1.67. The molecule has 0 saturated heterocycles. The average molecular weight is 475 g/mol. The molecule has 4 N–H and O–H groups in total. The Morgan fingerprint density at radius 1 is 1.21 bits per heavy atom. The normalized spacial score (nSPS) is 14.4. The van der Waals surface area contributed by atoms with Crippen LogP contribution in [0.2, 0.25) is 0 Å². The molecule has 11 nitrogen and oxygen atoms in total. The van der Waals surface area contributed by atoms with Gasteiger partial charge in [0.25, 0.3) is 0 Å². The van der Waals surface area contributed by atoms with E-state index in [1.807, 2.05) is 34.9 Å². The zero-order valence-corrected chi connectivity index (χ0v) is 19.8. The van der Waals surface area contributed by atoms with E-state index in [0.717, 1.165) is 5.56 Å². The Kier molecular flexibility index (Phi) is 8.97. The van der Waals surface area contributed by atoms with E-state index in [9.17, 15) is 9.59 Å². The molecule has 1 aliphatic heterocycles. The summed E-state index contributed by atoms with van der Waals surface area (Å²) in [5, 5.41) is 20.3. The number of benzene rings is 1. The van der Waals surface area contributed by atoms with Crippen molar-refractivity contribution in [2.45, 2.75) is 58.0 Å². The lowest BCUT2D eigenvalue weighted by Crippen LogP contribution is -2.51. The number of ether oxygens (including phenoxy) is 2. The van der Waals surface area contributed by atoms with Gasteiger partial charge < -0.3 is 30.2 Å². The molecule has 0 bridgehead atoms. The molecule has 0 unspecified atom stereocenters. The van der Waals surface area contributed by atoms with Crippen LogP contribution in [0.15, 0.2) is 30.3 Å². The highest BCUT2D eigenvalue weighted by Gasteiger charge is 2.31. The SMILES string of the molecule is CC(C)(N)C(=O)N[C@H](COCc1ccccc1)c1nnc2n1CCN(C(=O)OCCCCO)C2. The van der Waals surface area contributed by atoms with Crippen LogP contribution in [0.3, 0.4) is 0 Å². The van der Waals surface area contributed by atoms with Crippen LogP contribution in [-0.4, -0.2) is 68.7 Å². The van der Waals surface area contributed by atoms with E-state index in [1.54, 1.807) is 18.7 Å². The Bertz CT molecular complexity index is 943. The van der Waals surface area contributed by atoms with E-state index in [2.05, 4.69) is 15.5 Å². The van der Waals surface area contributed by atoms with Crippen molar-refractivity contribution < 1.29 is 24.2 Å². The lowest BCUT2D eigenvalue weighted by atomic mass is 10.1. The first-order valence-corrected chi connectivity index (χ1v) is 11.5. The fourth-order valence-electron chi connectivity index (χ4n) is 3.45. The molecule has 0 fully saturated rings. The third-order valence-electron chi connectivity index (χ3n) is 5.42. The lowest BCUT2D eigenvalue weighted by Gasteiger charge is -2.29. The second-order valence-electron chi connectivity index (χ2n) is 8.84. The number of fused-ring (bicyclic) bond motifs is 1. The van der Waals surface area contributed by atoms with Gasteiger partial charge in [-0.2, -0.15) is 0 Å². The number of aliphatic hydroxyl groups excluding tert-OH is 1. The number of nitrogens with zero attached hydrogens (tertiary/aromatic N) is 4.